The van der Waals surface area contributed by atoms with Crippen LogP contribution in [-0.4, -0.2) is 4.57 Å². The summed E-state index contributed by atoms with van der Waals surface area (Å²) in [7, 11) is 2.23. The van der Waals surface area contributed by atoms with Gasteiger partial charge in [0.05, 0.1) is 13.6 Å². The van der Waals surface area contributed by atoms with Crippen LogP contribution in [-0.2, 0) is 20.0 Å². The molecule has 2 heteroatoms. The molecular weight excluding hydrogens is 424 g/mol. The first-order chi connectivity index (χ1) is 17.3. The van der Waals surface area contributed by atoms with Crippen molar-refractivity contribution >= 4 is 0 Å². The molecule has 0 aromatic carbocycles. The van der Waals surface area contributed by atoms with Gasteiger partial charge in [-0.1, -0.05) is 155 Å². The summed E-state index contributed by atoms with van der Waals surface area (Å²) in [6.07, 6.45) is 41.7. The van der Waals surface area contributed by atoms with E-state index in [1.165, 1.54) is 179 Å². The first-order valence-corrected chi connectivity index (χ1v) is 16.3. The minimum Gasteiger partial charge on any atom is -0.237 e. The molecule has 0 saturated heterocycles. The first-order valence-electron chi connectivity index (χ1n) is 16.3. The third kappa shape index (κ3) is 19.0. The second kappa shape index (κ2) is 24.9. The van der Waals surface area contributed by atoms with Crippen LogP contribution in [0.5, 0.6) is 0 Å². The molecule has 1 rings (SSSR count). The van der Waals surface area contributed by atoms with Gasteiger partial charge in [0, 0.05) is 6.42 Å². The summed E-state index contributed by atoms with van der Waals surface area (Å²) in [5, 5.41) is 0. The highest BCUT2D eigenvalue weighted by Crippen LogP contribution is 2.14. The first kappa shape index (κ1) is 32.2. The van der Waals surface area contributed by atoms with Crippen molar-refractivity contribution in [1.29, 1.82) is 0 Å². The number of imidazole rings is 1. The van der Waals surface area contributed by atoms with E-state index in [0.717, 1.165) is 0 Å². The number of rotatable bonds is 27. The van der Waals surface area contributed by atoms with E-state index >= 15 is 0 Å². The highest BCUT2D eigenvalue weighted by atomic mass is 15.1. The monoisotopic (exact) mass is 490 g/mol. The lowest BCUT2D eigenvalue weighted by Gasteiger charge is -2.05. The van der Waals surface area contributed by atoms with Crippen LogP contribution in [0, 0.1) is 0 Å². The molecule has 0 fully saturated rings. The quantitative estimate of drug-likeness (QED) is 0.0858. The Morgan fingerprint density at radius 2 is 0.829 bits per heavy atom. The van der Waals surface area contributed by atoms with E-state index in [4.69, 9.17) is 0 Å². The van der Waals surface area contributed by atoms with E-state index in [1.807, 2.05) is 0 Å². The maximum Gasteiger partial charge on any atom is 0.256 e. The van der Waals surface area contributed by atoms with Crippen LogP contribution in [0.4, 0.5) is 0 Å². The summed E-state index contributed by atoms with van der Waals surface area (Å²) in [5.41, 5.74) is 0. The molecule has 0 saturated carbocycles. The largest absolute Gasteiger partial charge is 0.256 e. The molecule has 0 aliphatic carbocycles. The van der Waals surface area contributed by atoms with E-state index in [1.54, 1.807) is 0 Å². The molecule has 0 atom stereocenters. The zero-order valence-corrected chi connectivity index (χ0v) is 24.6. The molecule has 206 valence electrons. The van der Waals surface area contributed by atoms with Crippen molar-refractivity contribution in [3.8, 4) is 0 Å². The fraction of sp³-hybridized carbons (Fsp3) is 0.909. The second-order valence-corrected chi connectivity index (χ2v) is 11.4. The average Bonchev–Trinajstić information content (AvgIpc) is 3.21. The van der Waals surface area contributed by atoms with Crippen molar-refractivity contribution in [1.82, 2.24) is 4.57 Å². The van der Waals surface area contributed by atoms with Gasteiger partial charge in [0.15, 0.2) is 0 Å². The predicted molar refractivity (Wildman–Crippen MR) is 156 cm³/mol. The van der Waals surface area contributed by atoms with Crippen molar-refractivity contribution in [2.45, 2.75) is 187 Å². The maximum atomic E-state index is 2.53. The van der Waals surface area contributed by atoms with E-state index in [0.29, 0.717) is 0 Å². The normalized spacial score (nSPS) is 11.5. The lowest BCUT2D eigenvalue weighted by Crippen LogP contribution is -2.37. The van der Waals surface area contributed by atoms with Gasteiger partial charge in [-0.2, -0.15) is 0 Å². The number of nitrogens with zero attached hydrogens (tertiary/aromatic N) is 2. The van der Waals surface area contributed by atoms with Crippen LogP contribution in [0.25, 0.3) is 0 Å². The molecule has 1 aromatic rings. The van der Waals surface area contributed by atoms with Gasteiger partial charge in [-0.05, 0) is 19.3 Å². The molecule has 2 nitrogen and oxygen atoms in total. The number of unbranched alkanes of at least 4 members (excludes halogenated alkanes) is 23. The molecule has 0 bridgehead atoms. The highest BCUT2D eigenvalue weighted by molar-refractivity contribution is 4.82. The molecule has 0 amide bonds. The van der Waals surface area contributed by atoms with Crippen LogP contribution in [0.2, 0.25) is 0 Å². The van der Waals surface area contributed by atoms with Crippen molar-refractivity contribution in [3.05, 3.63) is 18.2 Å². The molecule has 1 heterocycles. The third-order valence-corrected chi connectivity index (χ3v) is 7.97. The maximum absolute atomic E-state index is 2.53. The SMILES string of the molecule is CCCCCCCCCCCCCCCCCCc1n(C)cc[n+]1CCCCCCCCCCC. The lowest BCUT2D eigenvalue weighted by molar-refractivity contribution is -0.704. The van der Waals surface area contributed by atoms with Gasteiger partial charge >= 0.3 is 0 Å². The van der Waals surface area contributed by atoms with Crippen LogP contribution in [0.15, 0.2) is 12.4 Å². The Morgan fingerprint density at radius 3 is 1.23 bits per heavy atom. The van der Waals surface area contributed by atoms with Gasteiger partial charge < -0.3 is 0 Å². The molecule has 0 aliphatic heterocycles. The van der Waals surface area contributed by atoms with E-state index < -0.39 is 0 Å². The van der Waals surface area contributed by atoms with Gasteiger partial charge in [0.2, 0.25) is 0 Å². The fourth-order valence-corrected chi connectivity index (χ4v) is 5.50. The van der Waals surface area contributed by atoms with Gasteiger partial charge in [-0.3, -0.25) is 0 Å². The molecule has 0 spiro atoms. The zero-order chi connectivity index (χ0) is 25.2. The molecule has 0 N–H and O–H groups in total. The Morgan fingerprint density at radius 1 is 0.486 bits per heavy atom. The Kier molecular flexibility index (Phi) is 22.9. The summed E-state index contributed by atoms with van der Waals surface area (Å²) in [5.74, 6) is 1.54. The standard InChI is InChI=1S/C33H65N2/c1-4-6-8-10-12-14-15-16-17-18-19-20-21-23-25-27-29-33-34(3)31-32-35(33)30-28-26-24-22-13-11-9-7-5-2/h31-32H,4-30H2,1-3H3/q+1. The minimum absolute atomic E-state index is 1.21. The van der Waals surface area contributed by atoms with Crippen molar-refractivity contribution in [3.63, 3.8) is 0 Å². The molecule has 0 radical (unpaired) electrons. The van der Waals surface area contributed by atoms with Gasteiger partial charge in [0.25, 0.3) is 5.82 Å². The summed E-state index contributed by atoms with van der Waals surface area (Å²) < 4.78 is 4.89. The Balaban J connectivity index is 1.93. The highest BCUT2D eigenvalue weighted by Gasteiger charge is 2.13. The third-order valence-electron chi connectivity index (χ3n) is 7.97. The Hall–Kier alpha value is -0.790. The smallest absolute Gasteiger partial charge is 0.237 e. The van der Waals surface area contributed by atoms with Crippen molar-refractivity contribution < 1.29 is 4.57 Å². The van der Waals surface area contributed by atoms with E-state index in [2.05, 4.69) is 42.4 Å². The van der Waals surface area contributed by atoms with Gasteiger partial charge in [0.1, 0.15) is 12.4 Å². The van der Waals surface area contributed by atoms with Crippen LogP contribution in [0.1, 0.15) is 180 Å². The Bertz CT molecular complexity index is 547. The predicted octanol–water partition coefficient (Wildman–Crippen LogP) is 10.6. The average molecular weight is 490 g/mol. The second-order valence-electron chi connectivity index (χ2n) is 11.4. The molecule has 35 heavy (non-hydrogen) atoms. The summed E-state index contributed by atoms with van der Waals surface area (Å²) in [6, 6.07) is 0. The number of aryl methyl sites for hydroxylation is 2. The summed E-state index contributed by atoms with van der Waals surface area (Å²) in [6.45, 7) is 5.82. The summed E-state index contributed by atoms with van der Waals surface area (Å²) in [4.78, 5) is 0. The Labute approximate surface area is 221 Å². The van der Waals surface area contributed by atoms with Crippen molar-refractivity contribution in [2.24, 2.45) is 7.05 Å². The minimum atomic E-state index is 1.21. The van der Waals surface area contributed by atoms with Crippen LogP contribution >= 0.6 is 0 Å². The van der Waals surface area contributed by atoms with E-state index in [9.17, 15) is 0 Å². The molecule has 1 aromatic heterocycles. The van der Waals surface area contributed by atoms with Crippen molar-refractivity contribution in [2.75, 3.05) is 0 Å². The topological polar surface area (TPSA) is 8.81 Å². The molecular formula is C33H65N2+. The van der Waals surface area contributed by atoms with E-state index in [-0.39, 0.29) is 0 Å². The van der Waals surface area contributed by atoms with Gasteiger partial charge in [-0.25, -0.2) is 9.13 Å². The van der Waals surface area contributed by atoms with Crippen LogP contribution < -0.4 is 4.57 Å². The lowest BCUT2D eigenvalue weighted by atomic mass is 10.0. The zero-order valence-electron chi connectivity index (χ0n) is 24.6. The van der Waals surface area contributed by atoms with Gasteiger partial charge in [-0.15, -0.1) is 0 Å². The number of hydrogen-bond donors (Lipinski definition) is 0. The number of aromatic nitrogens is 2. The number of hydrogen-bond acceptors (Lipinski definition) is 0. The molecule has 0 aliphatic rings. The summed E-state index contributed by atoms with van der Waals surface area (Å²) >= 11 is 0. The van der Waals surface area contributed by atoms with Crippen LogP contribution in [0.3, 0.4) is 0 Å². The molecule has 0 unspecified atom stereocenters. The fourth-order valence-electron chi connectivity index (χ4n) is 5.50.